The molecule has 4 heteroatoms. The average Bonchev–Trinajstić information content (AvgIpc) is 2.54. The number of carbonyl (C=O) groups excluding carboxylic acids is 1. The minimum absolute atomic E-state index is 0.124. The van der Waals surface area contributed by atoms with Crippen molar-refractivity contribution in [1.29, 1.82) is 0 Å². The van der Waals surface area contributed by atoms with E-state index in [1.165, 1.54) is 0 Å². The Hall–Kier alpha value is -1.84. The smallest absolute Gasteiger partial charge is 0.231 e. The van der Waals surface area contributed by atoms with E-state index in [-0.39, 0.29) is 5.78 Å². The molecule has 1 aliphatic heterocycles. The van der Waals surface area contributed by atoms with E-state index >= 15 is 0 Å². The number of carbonyl (C=O) groups is 1. The van der Waals surface area contributed by atoms with Crippen molar-refractivity contribution in [1.82, 2.24) is 0 Å². The molecule has 1 heterocycles. The van der Waals surface area contributed by atoms with Crippen LogP contribution in [0.1, 0.15) is 25.0 Å². The van der Waals surface area contributed by atoms with E-state index in [1.54, 1.807) is 21.0 Å². The van der Waals surface area contributed by atoms with Crippen LogP contribution in [0.3, 0.4) is 0 Å². The summed E-state index contributed by atoms with van der Waals surface area (Å²) in [5.41, 5.74) is 1.09. The second-order valence-corrected chi connectivity index (χ2v) is 4.53. The van der Waals surface area contributed by atoms with E-state index in [1.807, 2.05) is 25.1 Å². The number of aryl methyl sites for hydroxylation is 1. The van der Waals surface area contributed by atoms with Crippen LogP contribution >= 0.6 is 0 Å². The third-order valence-corrected chi connectivity index (χ3v) is 2.80. The van der Waals surface area contributed by atoms with Crippen molar-refractivity contribution in [3.05, 3.63) is 29.3 Å². The minimum atomic E-state index is -0.885. The zero-order chi connectivity index (χ0) is 12.6. The van der Waals surface area contributed by atoms with Crippen molar-refractivity contribution in [2.45, 2.75) is 26.4 Å². The summed E-state index contributed by atoms with van der Waals surface area (Å²) in [5.74, 6) is 0.544. The summed E-state index contributed by atoms with van der Waals surface area (Å²) in [4.78, 5) is 17.2. The molecule has 0 bridgehead atoms. The van der Waals surface area contributed by atoms with Crippen LogP contribution in [0.2, 0.25) is 0 Å². The van der Waals surface area contributed by atoms with Crippen LogP contribution in [0, 0.1) is 6.92 Å². The zero-order valence-electron chi connectivity index (χ0n) is 10.4. The molecule has 2 rings (SSSR count). The molecule has 0 aromatic heterocycles. The number of hydrogen-bond donors (Lipinski definition) is 0. The van der Waals surface area contributed by atoms with Gasteiger partial charge in [0.25, 0.3) is 0 Å². The van der Waals surface area contributed by atoms with Gasteiger partial charge < -0.3 is 9.57 Å². The van der Waals surface area contributed by atoms with Crippen LogP contribution < -0.4 is 4.74 Å². The summed E-state index contributed by atoms with van der Waals surface area (Å²) in [7, 11) is 1.58. The lowest BCUT2D eigenvalue weighted by molar-refractivity contribution is -0.128. The topological polar surface area (TPSA) is 47.9 Å². The molecule has 0 fully saturated rings. The van der Waals surface area contributed by atoms with Crippen LogP contribution in [0.15, 0.2) is 23.4 Å². The molecule has 4 nitrogen and oxygen atoms in total. The molecule has 0 radical (unpaired) electrons. The number of ether oxygens (including phenoxy) is 1. The Bertz CT molecular complexity index is 503. The van der Waals surface area contributed by atoms with Crippen molar-refractivity contribution in [2.75, 3.05) is 7.11 Å². The molecular weight excluding hydrogens is 218 g/mol. The highest BCUT2D eigenvalue weighted by molar-refractivity contribution is 6.49. The molecule has 0 unspecified atom stereocenters. The van der Waals surface area contributed by atoms with Gasteiger partial charge in [0.2, 0.25) is 5.78 Å². The minimum Gasteiger partial charge on any atom is -0.496 e. The maximum atomic E-state index is 12.1. The molecule has 1 aliphatic rings. The molecule has 0 atom stereocenters. The van der Waals surface area contributed by atoms with Crippen LogP contribution in [0.25, 0.3) is 0 Å². The zero-order valence-corrected chi connectivity index (χ0v) is 10.4. The Labute approximate surface area is 100 Å². The van der Waals surface area contributed by atoms with Gasteiger partial charge in [0.15, 0.2) is 11.3 Å². The summed E-state index contributed by atoms with van der Waals surface area (Å²) in [5, 5.41) is 3.88. The SMILES string of the molecule is COc1c(C)cccc1C1=NOC(C)(C)C1=O. The van der Waals surface area contributed by atoms with Gasteiger partial charge in [-0.05, 0) is 32.4 Å². The molecular formula is C13H15NO3. The van der Waals surface area contributed by atoms with Crippen molar-refractivity contribution in [2.24, 2.45) is 5.16 Å². The summed E-state index contributed by atoms with van der Waals surface area (Å²) < 4.78 is 5.32. The van der Waals surface area contributed by atoms with E-state index in [0.717, 1.165) is 5.56 Å². The number of para-hydroxylation sites is 1. The van der Waals surface area contributed by atoms with E-state index in [9.17, 15) is 4.79 Å². The highest BCUT2D eigenvalue weighted by Gasteiger charge is 2.41. The molecule has 0 amide bonds. The molecule has 0 aliphatic carbocycles. The van der Waals surface area contributed by atoms with E-state index < -0.39 is 5.60 Å². The predicted octanol–water partition coefficient (Wildman–Crippen LogP) is 2.09. The van der Waals surface area contributed by atoms with E-state index in [0.29, 0.717) is 17.0 Å². The number of methoxy groups -OCH3 is 1. The van der Waals surface area contributed by atoms with Gasteiger partial charge in [-0.2, -0.15) is 0 Å². The van der Waals surface area contributed by atoms with E-state index in [4.69, 9.17) is 9.57 Å². The number of benzene rings is 1. The van der Waals surface area contributed by atoms with Crippen LogP contribution in [-0.4, -0.2) is 24.2 Å². The summed E-state index contributed by atoms with van der Waals surface area (Å²) in [6.45, 7) is 5.33. The summed E-state index contributed by atoms with van der Waals surface area (Å²) in [6.07, 6.45) is 0. The lowest BCUT2D eigenvalue weighted by Crippen LogP contribution is -2.33. The van der Waals surface area contributed by atoms with Gasteiger partial charge in [-0.3, -0.25) is 4.79 Å². The second kappa shape index (κ2) is 3.87. The summed E-state index contributed by atoms with van der Waals surface area (Å²) >= 11 is 0. The van der Waals surface area contributed by atoms with Gasteiger partial charge in [-0.25, -0.2) is 0 Å². The number of ketones is 1. The van der Waals surface area contributed by atoms with Crippen LogP contribution in [0.5, 0.6) is 5.75 Å². The van der Waals surface area contributed by atoms with Crippen LogP contribution in [0.4, 0.5) is 0 Å². The van der Waals surface area contributed by atoms with Gasteiger partial charge >= 0.3 is 0 Å². The van der Waals surface area contributed by atoms with Gasteiger partial charge in [0.05, 0.1) is 7.11 Å². The Morgan fingerprint density at radius 1 is 1.35 bits per heavy atom. The monoisotopic (exact) mass is 233 g/mol. The molecule has 0 N–H and O–H groups in total. The lowest BCUT2D eigenvalue weighted by atomic mass is 9.94. The third-order valence-electron chi connectivity index (χ3n) is 2.80. The Balaban J connectivity index is 2.50. The predicted molar refractivity (Wildman–Crippen MR) is 64.4 cm³/mol. The highest BCUT2D eigenvalue weighted by Crippen LogP contribution is 2.29. The van der Waals surface area contributed by atoms with Gasteiger partial charge in [0.1, 0.15) is 5.75 Å². The van der Waals surface area contributed by atoms with E-state index in [2.05, 4.69) is 5.16 Å². The maximum absolute atomic E-state index is 12.1. The normalized spacial score (nSPS) is 17.6. The number of hydrogen-bond acceptors (Lipinski definition) is 4. The molecule has 1 aromatic rings. The van der Waals surface area contributed by atoms with Gasteiger partial charge in [-0.15, -0.1) is 0 Å². The van der Waals surface area contributed by atoms with Crippen molar-refractivity contribution >= 4 is 11.5 Å². The lowest BCUT2D eigenvalue weighted by Gasteiger charge is -2.13. The molecule has 0 saturated heterocycles. The number of oxime groups is 1. The fraction of sp³-hybridized carbons (Fsp3) is 0.385. The first-order valence-electron chi connectivity index (χ1n) is 5.42. The molecule has 0 saturated carbocycles. The second-order valence-electron chi connectivity index (χ2n) is 4.53. The molecule has 1 aromatic carbocycles. The fourth-order valence-corrected chi connectivity index (χ4v) is 1.81. The highest BCUT2D eigenvalue weighted by atomic mass is 16.7. The van der Waals surface area contributed by atoms with Crippen molar-refractivity contribution in [3.8, 4) is 5.75 Å². The number of rotatable bonds is 2. The van der Waals surface area contributed by atoms with Crippen molar-refractivity contribution in [3.63, 3.8) is 0 Å². The third kappa shape index (κ3) is 1.79. The van der Waals surface area contributed by atoms with Crippen molar-refractivity contribution < 1.29 is 14.4 Å². The molecule has 17 heavy (non-hydrogen) atoms. The average molecular weight is 233 g/mol. The summed E-state index contributed by atoms with van der Waals surface area (Å²) in [6, 6.07) is 5.61. The largest absolute Gasteiger partial charge is 0.496 e. The first-order valence-corrected chi connectivity index (χ1v) is 5.42. The first kappa shape index (κ1) is 11.6. The maximum Gasteiger partial charge on any atom is 0.231 e. The fourth-order valence-electron chi connectivity index (χ4n) is 1.81. The molecule has 0 spiro atoms. The van der Waals surface area contributed by atoms with Crippen LogP contribution in [-0.2, 0) is 9.63 Å². The van der Waals surface area contributed by atoms with Gasteiger partial charge in [-0.1, -0.05) is 17.3 Å². The number of nitrogens with zero attached hydrogens (tertiary/aromatic N) is 1. The Morgan fingerprint density at radius 3 is 2.59 bits per heavy atom. The van der Waals surface area contributed by atoms with Gasteiger partial charge in [0, 0.05) is 5.56 Å². The first-order chi connectivity index (χ1) is 7.97. The standard InChI is InChI=1S/C13H15NO3/c1-8-6-5-7-9(11(8)16-4)10-12(15)13(2,3)17-14-10/h5-7H,1-4H3. The number of Topliss-reactive ketones (excluding diaryl/α,β-unsaturated/α-hetero) is 1. The molecule has 90 valence electrons. The Kier molecular flexibility index (Phi) is 2.65. The quantitative estimate of drug-likeness (QED) is 0.785. The Morgan fingerprint density at radius 2 is 2.06 bits per heavy atom.